The first kappa shape index (κ1) is 24.1. The summed E-state index contributed by atoms with van der Waals surface area (Å²) < 4.78 is 25.0. The molecule has 0 radical (unpaired) electrons. The molecule has 0 saturated carbocycles. The highest BCUT2D eigenvalue weighted by atomic mass is 35.5. The van der Waals surface area contributed by atoms with Crippen molar-refractivity contribution in [1.29, 1.82) is 0 Å². The van der Waals surface area contributed by atoms with Crippen molar-refractivity contribution in [3.63, 3.8) is 0 Å². The molecule has 0 saturated heterocycles. The fourth-order valence-corrected chi connectivity index (χ4v) is 2.87. The van der Waals surface area contributed by atoms with Crippen LogP contribution in [0.5, 0.6) is 0 Å². The number of hydrogen-bond acceptors (Lipinski definition) is 9. The number of carbonyl (C=O) groups excluding carboxylic acids is 1. The molecule has 13 heteroatoms. The van der Waals surface area contributed by atoms with E-state index in [1.54, 1.807) is 0 Å². The van der Waals surface area contributed by atoms with Crippen molar-refractivity contribution in [3.8, 4) is 0 Å². The number of sulfonamides is 1. The number of aromatic nitrogens is 2. The van der Waals surface area contributed by atoms with Crippen LogP contribution in [0.3, 0.4) is 0 Å². The molecule has 1 amide bonds. The molecule has 1 heterocycles. The zero-order chi connectivity index (χ0) is 22.9. The summed E-state index contributed by atoms with van der Waals surface area (Å²) in [5.74, 6) is 0.0162. The molecule has 2 aromatic rings. The highest BCUT2D eigenvalue weighted by molar-refractivity contribution is 7.88. The highest BCUT2D eigenvalue weighted by Crippen LogP contribution is 2.21. The van der Waals surface area contributed by atoms with Crippen molar-refractivity contribution < 1.29 is 13.2 Å². The Labute approximate surface area is 185 Å². The maximum absolute atomic E-state index is 11.3. The lowest BCUT2D eigenvalue weighted by Gasteiger charge is -2.11. The van der Waals surface area contributed by atoms with Crippen molar-refractivity contribution in [1.82, 2.24) is 14.7 Å². The third kappa shape index (κ3) is 8.99. The van der Waals surface area contributed by atoms with E-state index in [-0.39, 0.29) is 19.0 Å². The van der Waals surface area contributed by atoms with Crippen LogP contribution >= 0.6 is 11.6 Å². The van der Waals surface area contributed by atoms with Gasteiger partial charge in [0.2, 0.25) is 21.9 Å². The van der Waals surface area contributed by atoms with Gasteiger partial charge in [-0.2, -0.15) is 4.98 Å². The molecule has 0 aliphatic heterocycles. The van der Waals surface area contributed by atoms with Crippen molar-refractivity contribution in [2.75, 3.05) is 23.4 Å². The molecule has 31 heavy (non-hydrogen) atoms. The van der Waals surface area contributed by atoms with E-state index >= 15 is 0 Å². The van der Waals surface area contributed by atoms with Gasteiger partial charge in [-0.3, -0.25) is 9.79 Å². The molecule has 166 valence electrons. The van der Waals surface area contributed by atoms with Crippen LogP contribution in [0.2, 0.25) is 5.02 Å². The monoisotopic (exact) mass is 466 g/mol. The molecule has 0 fully saturated rings. The van der Waals surface area contributed by atoms with Gasteiger partial charge in [0, 0.05) is 25.5 Å². The highest BCUT2D eigenvalue weighted by Gasteiger charge is 2.07. The summed E-state index contributed by atoms with van der Waals surface area (Å²) in [6.07, 6.45) is 5.10. The normalized spacial score (nSPS) is 12.1. The van der Waals surface area contributed by atoms with E-state index < -0.39 is 15.9 Å². The maximum Gasteiger partial charge on any atom is 0.239 e. The molecule has 2 rings (SSSR count). The first-order valence-electron chi connectivity index (χ1n) is 8.92. The molecule has 0 atom stereocenters. The van der Waals surface area contributed by atoms with Crippen LogP contribution in [0.15, 0.2) is 47.4 Å². The van der Waals surface area contributed by atoms with Gasteiger partial charge < -0.3 is 22.1 Å². The van der Waals surface area contributed by atoms with Crippen molar-refractivity contribution in [2.24, 2.45) is 16.5 Å². The zero-order valence-electron chi connectivity index (χ0n) is 16.7. The Morgan fingerprint density at radius 3 is 2.65 bits per heavy atom. The van der Waals surface area contributed by atoms with Crippen LogP contribution in [0.4, 0.5) is 11.8 Å². The summed E-state index contributed by atoms with van der Waals surface area (Å²) in [7, 11) is -3.28. The number of benzene rings is 1. The Morgan fingerprint density at radius 1 is 1.29 bits per heavy atom. The summed E-state index contributed by atoms with van der Waals surface area (Å²) >= 11 is 6.17. The molecule has 7 N–H and O–H groups in total. The summed E-state index contributed by atoms with van der Waals surface area (Å²) in [6.45, 7) is 0.412. The lowest BCUT2D eigenvalue weighted by atomic mass is 10.1. The molecule has 1 aromatic heterocycles. The number of nitrogens with one attached hydrogen (secondary N) is 3. The largest absolute Gasteiger partial charge is 0.403 e. The minimum absolute atomic E-state index is 0.175. The molecular weight excluding hydrogens is 444 g/mol. The second-order valence-electron chi connectivity index (χ2n) is 6.34. The molecule has 0 aliphatic rings. The minimum Gasteiger partial charge on any atom is -0.403 e. The van der Waals surface area contributed by atoms with Crippen molar-refractivity contribution in [2.45, 2.75) is 13.1 Å². The Balaban J connectivity index is 2.04. The first-order valence-corrected chi connectivity index (χ1v) is 11.2. The predicted octanol–water partition coefficient (Wildman–Crippen LogP) is 0.559. The molecule has 0 bridgehead atoms. The van der Waals surface area contributed by atoms with Crippen LogP contribution in [-0.2, 0) is 27.9 Å². The number of rotatable bonds is 11. The Morgan fingerprint density at radius 2 is 2.00 bits per heavy atom. The van der Waals surface area contributed by atoms with Gasteiger partial charge in [-0.05, 0) is 11.1 Å². The van der Waals surface area contributed by atoms with E-state index in [1.165, 1.54) is 18.6 Å². The number of hydrogen-bond donors (Lipinski definition) is 5. The number of amides is 1. The summed E-state index contributed by atoms with van der Waals surface area (Å²) in [4.78, 5) is 23.0. The number of aliphatic imine (C=N–C) groups is 1. The number of carbonyl (C=O) groups is 1. The smallest absolute Gasteiger partial charge is 0.239 e. The van der Waals surface area contributed by atoms with E-state index in [0.29, 0.717) is 23.1 Å². The predicted molar refractivity (Wildman–Crippen MR) is 121 cm³/mol. The lowest BCUT2D eigenvalue weighted by Crippen LogP contribution is -2.21. The SMILES string of the molecule is CS(=O)(=O)NCc1cccc(CNc2nc(NC(C=NCC(N)=O)=CN)ncc2Cl)c1. The van der Waals surface area contributed by atoms with Gasteiger partial charge in [0.1, 0.15) is 11.6 Å². The number of allylic oxidation sites excluding steroid dienone is 1. The average molecular weight is 467 g/mol. The van der Waals surface area contributed by atoms with Crippen LogP contribution in [0.25, 0.3) is 0 Å². The molecule has 0 aliphatic carbocycles. The van der Waals surface area contributed by atoms with Gasteiger partial charge in [-0.15, -0.1) is 0 Å². The number of nitrogens with two attached hydrogens (primary N) is 2. The van der Waals surface area contributed by atoms with Gasteiger partial charge in [0.05, 0.1) is 18.1 Å². The molecule has 0 spiro atoms. The molecule has 11 nitrogen and oxygen atoms in total. The maximum atomic E-state index is 11.3. The number of nitrogens with zero attached hydrogens (tertiary/aromatic N) is 3. The number of anilines is 2. The summed E-state index contributed by atoms with van der Waals surface area (Å²) in [5.41, 5.74) is 12.6. The van der Waals surface area contributed by atoms with Gasteiger partial charge in [-0.25, -0.2) is 18.1 Å². The van der Waals surface area contributed by atoms with Gasteiger partial charge in [0.15, 0.2) is 5.82 Å². The van der Waals surface area contributed by atoms with Crippen LogP contribution < -0.4 is 26.8 Å². The van der Waals surface area contributed by atoms with E-state index in [9.17, 15) is 13.2 Å². The quantitative estimate of drug-likeness (QED) is 0.298. The van der Waals surface area contributed by atoms with E-state index in [2.05, 4.69) is 30.3 Å². The molecule has 0 unspecified atom stereocenters. The summed E-state index contributed by atoms with van der Waals surface area (Å²) in [5, 5.41) is 6.27. The Hall–Kier alpha value is -3.22. The van der Waals surface area contributed by atoms with E-state index in [0.717, 1.165) is 17.4 Å². The first-order chi connectivity index (χ1) is 14.7. The van der Waals surface area contributed by atoms with E-state index in [1.807, 2.05) is 24.3 Å². The summed E-state index contributed by atoms with van der Waals surface area (Å²) in [6, 6.07) is 7.40. The standard InChI is InChI=1S/C18H23ClN8O3S/c1-31(29,30)25-8-13-4-2-3-12(5-13)7-23-17-15(19)10-24-18(27-17)26-14(6-20)9-22-11-16(21)28/h2-6,9-10,25H,7-8,11,20H2,1H3,(H2,21,28)(H2,23,24,26,27). The minimum atomic E-state index is -3.28. The second-order valence-corrected chi connectivity index (χ2v) is 8.58. The van der Waals surface area contributed by atoms with E-state index in [4.69, 9.17) is 23.1 Å². The lowest BCUT2D eigenvalue weighted by molar-refractivity contribution is -0.116. The Kier molecular flexibility index (Phi) is 8.73. The number of halogens is 1. The van der Waals surface area contributed by atoms with Gasteiger partial charge in [0.25, 0.3) is 0 Å². The van der Waals surface area contributed by atoms with Crippen molar-refractivity contribution >= 4 is 45.5 Å². The third-order valence-corrected chi connectivity index (χ3v) is 4.59. The fourth-order valence-electron chi connectivity index (χ4n) is 2.28. The molecular formula is C18H23ClN8O3S. The Bertz CT molecular complexity index is 1090. The van der Waals surface area contributed by atoms with Crippen LogP contribution in [-0.4, -0.2) is 43.3 Å². The van der Waals surface area contributed by atoms with Gasteiger partial charge in [-0.1, -0.05) is 35.9 Å². The third-order valence-electron chi connectivity index (χ3n) is 3.65. The van der Waals surface area contributed by atoms with Gasteiger partial charge >= 0.3 is 0 Å². The van der Waals surface area contributed by atoms with Crippen LogP contribution in [0, 0.1) is 0 Å². The topological polar surface area (TPSA) is 177 Å². The van der Waals surface area contributed by atoms with Crippen molar-refractivity contribution in [3.05, 3.63) is 58.5 Å². The fraction of sp³-hybridized carbons (Fsp3) is 0.222. The zero-order valence-corrected chi connectivity index (χ0v) is 18.2. The van der Waals surface area contributed by atoms with Crippen LogP contribution in [0.1, 0.15) is 11.1 Å². The number of primary amides is 1. The second kappa shape index (κ2) is 11.2. The molecule has 1 aromatic carbocycles. The average Bonchev–Trinajstić information content (AvgIpc) is 2.71.